The van der Waals surface area contributed by atoms with E-state index >= 15 is 0 Å². The average Bonchev–Trinajstić information content (AvgIpc) is 2.53. The van der Waals surface area contributed by atoms with E-state index in [9.17, 15) is 0 Å². The largest absolute Gasteiger partial charge is 0.497 e. The predicted molar refractivity (Wildman–Crippen MR) is 85.2 cm³/mol. The Morgan fingerprint density at radius 3 is 2.75 bits per heavy atom. The molecule has 104 valence electrons. The van der Waals surface area contributed by atoms with Gasteiger partial charge < -0.3 is 10.1 Å². The van der Waals surface area contributed by atoms with Crippen LogP contribution in [0.2, 0.25) is 0 Å². The monoisotopic (exact) mass is 285 g/mol. The third kappa shape index (κ3) is 3.00. The van der Waals surface area contributed by atoms with Crippen molar-refractivity contribution in [2.45, 2.75) is 18.3 Å². The summed E-state index contributed by atoms with van der Waals surface area (Å²) in [4.78, 5) is 0. The van der Waals surface area contributed by atoms with Crippen molar-refractivity contribution < 1.29 is 4.74 Å². The topological polar surface area (TPSA) is 21.3 Å². The van der Waals surface area contributed by atoms with Gasteiger partial charge in [-0.05, 0) is 28.8 Å². The zero-order valence-corrected chi connectivity index (χ0v) is 12.5. The molecular weight excluding hydrogens is 266 g/mol. The summed E-state index contributed by atoms with van der Waals surface area (Å²) >= 11 is 2.00. The first-order valence-electron chi connectivity index (χ1n) is 6.88. The Bertz CT molecular complexity index is 567. The van der Waals surface area contributed by atoms with Crippen molar-refractivity contribution >= 4 is 11.8 Å². The van der Waals surface area contributed by atoms with Crippen LogP contribution in [0.1, 0.15) is 22.7 Å². The van der Waals surface area contributed by atoms with Crippen LogP contribution in [-0.4, -0.2) is 12.9 Å². The molecule has 1 atom stereocenters. The molecule has 2 aromatic rings. The summed E-state index contributed by atoms with van der Waals surface area (Å²) in [6, 6.07) is 17.5. The molecule has 1 aliphatic heterocycles. The van der Waals surface area contributed by atoms with E-state index in [1.165, 1.54) is 16.7 Å². The van der Waals surface area contributed by atoms with Crippen molar-refractivity contribution in [2.24, 2.45) is 0 Å². The molecule has 0 fully saturated rings. The number of benzene rings is 2. The lowest BCUT2D eigenvalue weighted by Crippen LogP contribution is -2.26. The molecule has 0 spiro atoms. The molecule has 1 aliphatic rings. The van der Waals surface area contributed by atoms with Gasteiger partial charge >= 0.3 is 0 Å². The number of rotatable bonds is 4. The van der Waals surface area contributed by atoms with Crippen LogP contribution in [0.15, 0.2) is 48.5 Å². The van der Waals surface area contributed by atoms with Crippen LogP contribution in [0.5, 0.6) is 5.75 Å². The van der Waals surface area contributed by atoms with Crippen LogP contribution in [0, 0.1) is 0 Å². The maximum absolute atomic E-state index is 5.19. The maximum atomic E-state index is 5.19. The smallest absolute Gasteiger partial charge is 0.118 e. The number of fused-ring (bicyclic) bond motifs is 1. The van der Waals surface area contributed by atoms with E-state index in [0.29, 0.717) is 6.04 Å². The van der Waals surface area contributed by atoms with Gasteiger partial charge in [0.2, 0.25) is 0 Å². The first-order chi connectivity index (χ1) is 9.86. The van der Waals surface area contributed by atoms with Crippen LogP contribution >= 0.6 is 11.8 Å². The highest BCUT2D eigenvalue weighted by Crippen LogP contribution is 2.31. The standard InChI is InChI=1S/C17H19NOS/c1-19-15-8-6-13(7-9-15)10-18-17-12-20-11-14-4-2-3-5-16(14)17/h2-9,17-18H,10-12H2,1H3. The predicted octanol–water partition coefficient (Wildman–Crippen LogP) is 3.77. The Balaban J connectivity index is 1.66. The molecule has 0 amide bonds. The van der Waals surface area contributed by atoms with Gasteiger partial charge in [-0.15, -0.1) is 0 Å². The van der Waals surface area contributed by atoms with E-state index in [4.69, 9.17) is 4.74 Å². The fourth-order valence-corrected chi connectivity index (χ4v) is 3.67. The molecule has 1 N–H and O–H groups in total. The normalized spacial score (nSPS) is 17.6. The van der Waals surface area contributed by atoms with Gasteiger partial charge in [-0.3, -0.25) is 0 Å². The average molecular weight is 285 g/mol. The van der Waals surface area contributed by atoms with Gasteiger partial charge in [-0.25, -0.2) is 0 Å². The van der Waals surface area contributed by atoms with Crippen molar-refractivity contribution in [3.8, 4) is 5.75 Å². The highest BCUT2D eigenvalue weighted by molar-refractivity contribution is 7.98. The van der Waals surface area contributed by atoms with Gasteiger partial charge in [0.15, 0.2) is 0 Å². The molecular formula is C17H19NOS. The minimum absolute atomic E-state index is 0.451. The fraction of sp³-hybridized carbons (Fsp3) is 0.294. The second-order valence-electron chi connectivity index (χ2n) is 5.00. The molecule has 0 radical (unpaired) electrons. The van der Waals surface area contributed by atoms with Crippen LogP contribution in [0.25, 0.3) is 0 Å². The molecule has 3 heteroatoms. The second kappa shape index (κ2) is 6.33. The number of thioether (sulfide) groups is 1. The van der Waals surface area contributed by atoms with Crippen LogP contribution in [-0.2, 0) is 12.3 Å². The van der Waals surface area contributed by atoms with Gasteiger partial charge in [-0.1, -0.05) is 36.4 Å². The molecule has 0 aromatic heterocycles. The third-order valence-electron chi connectivity index (χ3n) is 3.68. The molecule has 2 aromatic carbocycles. The number of hydrogen-bond donors (Lipinski definition) is 1. The summed E-state index contributed by atoms with van der Waals surface area (Å²) in [6.07, 6.45) is 0. The van der Waals surface area contributed by atoms with Crippen LogP contribution in [0.4, 0.5) is 0 Å². The minimum atomic E-state index is 0.451. The summed E-state index contributed by atoms with van der Waals surface area (Å²) in [5, 5.41) is 3.67. The third-order valence-corrected chi connectivity index (χ3v) is 4.77. The first-order valence-corrected chi connectivity index (χ1v) is 8.04. The van der Waals surface area contributed by atoms with Crippen molar-refractivity contribution in [2.75, 3.05) is 12.9 Å². The molecule has 1 unspecified atom stereocenters. The summed E-state index contributed by atoms with van der Waals surface area (Å²) in [5.74, 6) is 3.19. The van der Waals surface area contributed by atoms with Crippen LogP contribution < -0.4 is 10.1 Å². The van der Waals surface area contributed by atoms with Crippen molar-refractivity contribution in [3.63, 3.8) is 0 Å². The van der Waals surface area contributed by atoms with E-state index in [0.717, 1.165) is 23.8 Å². The Hall–Kier alpha value is -1.45. The summed E-state index contributed by atoms with van der Waals surface area (Å²) in [7, 11) is 1.70. The van der Waals surface area contributed by atoms with Crippen molar-refractivity contribution in [1.82, 2.24) is 5.32 Å². The fourth-order valence-electron chi connectivity index (χ4n) is 2.54. The minimum Gasteiger partial charge on any atom is -0.497 e. The van der Waals surface area contributed by atoms with Gasteiger partial charge in [0.25, 0.3) is 0 Å². The Morgan fingerprint density at radius 2 is 1.95 bits per heavy atom. The van der Waals surface area contributed by atoms with Crippen LogP contribution in [0.3, 0.4) is 0 Å². The van der Waals surface area contributed by atoms with Gasteiger partial charge in [0.1, 0.15) is 5.75 Å². The van der Waals surface area contributed by atoms with E-state index < -0.39 is 0 Å². The van der Waals surface area contributed by atoms with Crippen molar-refractivity contribution in [1.29, 1.82) is 0 Å². The lowest BCUT2D eigenvalue weighted by Gasteiger charge is -2.26. The molecule has 0 saturated carbocycles. The van der Waals surface area contributed by atoms with E-state index in [-0.39, 0.29) is 0 Å². The SMILES string of the molecule is COc1ccc(CNC2CSCc3ccccc32)cc1. The Morgan fingerprint density at radius 1 is 1.15 bits per heavy atom. The second-order valence-corrected chi connectivity index (χ2v) is 6.03. The lowest BCUT2D eigenvalue weighted by molar-refractivity contribution is 0.414. The molecule has 2 nitrogen and oxygen atoms in total. The van der Waals surface area contributed by atoms with Gasteiger partial charge in [0.05, 0.1) is 7.11 Å². The van der Waals surface area contributed by atoms with Gasteiger partial charge in [-0.2, -0.15) is 11.8 Å². The Labute approximate surface area is 124 Å². The van der Waals surface area contributed by atoms with E-state index in [2.05, 4.69) is 41.7 Å². The van der Waals surface area contributed by atoms with Gasteiger partial charge in [0, 0.05) is 24.1 Å². The molecule has 3 rings (SSSR count). The quantitative estimate of drug-likeness (QED) is 0.924. The number of hydrogen-bond acceptors (Lipinski definition) is 3. The summed E-state index contributed by atoms with van der Waals surface area (Å²) in [5.41, 5.74) is 4.22. The first kappa shape index (κ1) is 13.5. The molecule has 20 heavy (non-hydrogen) atoms. The summed E-state index contributed by atoms with van der Waals surface area (Å²) in [6.45, 7) is 0.892. The molecule has 0 aliphatic carbocycles. The maximum Gasteiger partial charge on any atom is 0.118 e. The molecule has 0 bridgehead atoms. The number of ether oxygens (including phenoxy) is 1. The Kier molecular flexibility index (Phi) is 4.28. The number of methoxy groups -OCH3 is 1. The highest BCUT2D eigenvalue weighted by atomic mass is 32.2. The van der Waals surface area contributed by atoms with Crippen molar-refractivity contribution in [3.05, 3.63) is 65.2 Å². The zero-order valence-electron chi connectivity index (χ0n) is 11.6. The zero-order chi connectivity index (χ0) is 13.8. The number of nitrogens with one attached hydrogen (secondary N) is 1. The molecule has 1 heterocycles. The molecule has 0 saturated heterocycles. The lowest BCUT2D eigenvalue weighted by atomic mass is 10.0. The summed E-state index contributed by atoms with van der Waals surface area (Å²) < 4.78 is 5.19. The van der Waals surface area contributed by atoms with E-state index in [1.54, 1.807) is 7.11 Å². The highest BCUT2D eigenvalue weighted by Gasteiger charge is 2.19. The van der Waals surface area contributed by atoms with E-state index in [1.807, 2.05) is 23.9 Å².